The maximum atomic E-state index is 3.73. The van der Waals surface area contributed by atoms with Crippen LogP contribution in [0, 0.1) is 0 Å². The summed E-state index contributed by atoms with van der Waals surface area (Å²) in [4.78, 5) is 2.50. The van der Waals surface area contributed by atoms with Crippen molar-refractivity contribution in [3.8, 4) is 0 Å². The first-order valence-electron chi connectivity index (χ1n) is 6.86. The maximum absolute atomic E-state index is 3.73. The van der Waals surface area contributed by atoms with Crippen molar-refractivity contribution in [1.29, 1.82) is 0 Å². The Hall–Kier alpha value is -1.32. The number of nitrogens with zero attached hydrogens (tertiary/aromatic N) is 1. The molecule has 3 rings (SSSR count). The van der Waals surface area contributed by atoms with Crippen LogP contribution >= 0.6 is 11.3 Å². The number of hydrogen-bond acceptors (Lipinski definition) is 3. The minimum Gasteiger partial charge on any atom is -0.369 e. The van der Waals surface area contributed by atoms with Gasteiger partial charge in [-0.1, -0.05) is 30.3 Å². The van der Waals surface area contributed by atoms with E-state index in [2.05, 4.69) is 64.3 Å². The molecule has 0 spiro atoms. The van der Waals surface area contributed by atoms with E-state index in [1.807, 2.05) is 0 Å². The molecule has 1 N–H and O–H groups in total. The molecule has 0 amide bonds. The van der Waals surface area contributed by atoms with Crippen LogP contribution in [-0.4, -0.2) is 19.6 Å². The van der Waals surface area contributed by atoms with Crippen molar-refractivity contribution in [3.05, 3.63) is 52.7 Å². The third-order valence-corrected chi connectivity index (χ3v) is 4.58. The largest absolute Gasteiger partial charge is 0.369 e. The van der Waals surface area contributed by atoms with E-state index in [9.17, 15) is 0 Å². The van der Waals surface area contributed by atoms with Crippen molar-refractivity contribution < 1.29 is 0 Å². The van der Waals surface area contributed by atoms with Gasteiger partial charge in [-0.25, -0.2) is 0 Å². The van der Waals surface area contributed by atoms with Crippen LogP contribution in [0.15, 0.2) is 47.2 Å². The van der Waals surface area contributed by atoms with Crippen LogP contribution in [0.1, 0.15) is 18.9 Å². The summed E-state index contributed by atoms with van der Waals surface area (Å²) in [6.07, 6.45) is 1.19. The Morgan fingerprint density at radius 2 is 2.05 bits per heavy atom. The number of thiophene rings is 1. The summed E-state index contributed by atoms with van der Waals surface area (Å²) in [5, 5.41) is 8.13. The topological polar surface area (TPSA) is 15.3 Å². The zero-order valence-corrected chi connectivity index (χ0v) is 12.1. The van der Waals surface area contributed by atoms with Crippen molar-refractivity contribution in [1.82, 2.24) is 5.32 Å². The highest BCUT2D eigenvalue weighted by Crippen LogP contribution is 2.28. The highest BCUT2D eigenvalue weighted by Gasteiger charge is 2.30. The lowest BCUT2D eigenvalue weighted by atomic mass is 9.91. The van der Waals surface area contributed by atoms with Gasteiger partial charge in [-0.2, -0.15) is 11.3 Å². The van der Waals surface area contributed by atoms with E-state index in [0.717, 1.165) is 19.6 Å². The normalized spacial score (nSPS) is 24.2. The van der Waals surface area contributed by atoms with E-state index in [0.29, 0.717) is 0 Å². The maximum Gasteiger partial charge on any atom is 0.0583 e. The molecule has 1 aromatic carbocycles. The van der Waals surface area contributed by atoms with Gasteiger partial charge in [0.1, 0.15) is 0 Å². The first kappa shape index (κ1) is 12.7. The average Bonchev–Trinajstić information content (AvgIpc) is 2.90. The summed E-state index contributed by atoms with van der Waals surface area (Å²) in [5.74, 6) is 0. The van der Waals surface area contributed by atoms with Crippen LogP contribution in [0.25, 0.3) is 0 Å². The Bertz CT molecular complexity index is 509. The molecule has 0 saturated carbocycles. The van der Waals surface area contributed by atoms with Gasteiger partial charge in [0.05, 0.1) is 5.54 Å². The van der Waals surface area contributed by atoms with E-state index in [1.54, 1.807) is 11.3 Å². The van der Waals surface area contributed by atoms with Gasteiger partial charge >= 0.3 is 0 Å². The van der Waals surface area contributed by atoms with Crippen molar-refractivity contribution in [2.45, 2.75) is 18.9 Å². The van der Waals surface area contributed by atoms with Crippen LogP contribution in [-0.2, 0) is 5.54 Å². The number of benzene rings is 1. The van der Waals surface area contributed by atoms with Gasteiger partial charge in [-0.15, -0.1) is 0 Å². The number of anilines is 1. The van der Waals surface area contributed by atoms with Crippen molar-refractivity contribution in [3.63, 3.8) is 0 Å². The average molecular weight is 272 g/mol. The molecule has 0 aliphatic carbocycles. The summed E-state index contributed by atoms with van der Waals surface area (Å²) >= 11 is 1.77. The third-order valence-electron chi connectivity index (χ3n) is 3.91. The molecule has 1 fully saturated rings. The van der Waals surface area contributed by atoms with Crippen LogP contribution < -0.4 is 10.2 Å². The zero-order chi connectivity index (χ0) is 13.1. The lowest BCUT2D eigenvalue weighted by Crippen LogP contribution is -2.46. The van der Waals surface area contributed by atoms with Crippen LogP contribution in [0.5, 0.6) is 0 Å². The summed E-state index contributed by atoms with van der Waals surface area (Å²) in [5.41, 5.74) is 2.76. The van der Waals surface area contributed by atoms with Gasteiger partial charge in [0.25, 0.3) is 0 Å². The molecule has 0 bridgehead atoms. The molecule has 1 aliphatic rings. The summed E-state index contributed by atoms with van der Waals surface area (Å²) < 4.78 is 0. The van der Waals surface area contributed by atoms with E-state index in [4.69, 9.17) is 0 Å². The second-order valence-corrected chi connectivity index (χ2v) is 6.16. The third kappa shape index (κ3) is 2.67. The van der Waals surface area contributed by atoms with Gasteiger partial charge < -0.3 is 10.2 Å². The number of rotatable bonds is 2. The molecule has 1 unspecified atom stereocenters. The van der Waals surface area contributed by atoms with Crippen molar-refractivity contribution in [2.24, 2.45) is 0 Å². The lowest BCUT2D eigenvalue weighted by molar-refractivity contribution is 0.392. The van der Waals surface area contributed by atoms with Crippen LogP contribution in [0.4, 0.5) is 5.69 Å². The number of hydrogen-bond donors (Lipinski definition) is 1. The van der Waals surface area contributed by atoms with Gasteiger partial charge in [0.15, 0.2) is 0 Å². The van der Waals surface area contributed by atoms with E-state index < -0.39 is 0 Å². The van der Waals surface area contributed by atoms with E-state index in [1.165, 1.54) is 17.7 Å². The summed E-state index contributed by atoms with van der Waals surface area (Å²) in [7, 11) is 0. The standard InChI is InChI=1S/C16H20N2S/c1-16(14-6-3-2-4-7-14)13-18(10-5-9-17-16)15-8-11-19-12-15/h2-4,6-8,11-12,17H,5,9-10,13H2,1H3. The van der Waals surface area contributed by atoms with Crippen molar-refractivity contribution in [2.75, 3.05) is 24.5 Å². The quantitative estimate of drug-likeness (QED) is 0.900. The lowest BCUT2D eigenvalue weighted by Gasteiger charge is -2.34. The second kappa shape index (κ2) is 5.35. The fourth-order valence-corrected chi connectivity index (χ4v) is 3.47. The monoisotopic (exact) mass is 272 g/mol. The van der Waals surface area contributed by atoms with Gasteiger partial charge in [-0.05, 0) is 36.9 Å². The van der Waals surface area contributed by atoms with E-state index in [-0.39, 0.29) is 5.54 Å². The fraction of sp³-hybridized carbons (Fsp3) is 0.375. The molecule has 0 radical (unpaired) electrons. The second-order valence-electron chi connectivity index (χ2n) is 5.38. The first-order chi connectivity index (χ1) is 9.28. The fourth-order valence-electron chi connectivity index (χ4n) is 2.81. The predicted molar refractivity (Wildman–Crippen MR) is 82.9 cm³/mol. The number of nitrogens with one attached hydrogen (secondary N) is 1. The molecule has 2 heterocycles. The molecule has 3 heteroatoms. The van der Waals surface area contributed by atoms with Crippen LogP contribution in [0.2, 0.25) is 0 Å². The molecule has 2 nitrogen and oxygen atoms in total. The smallest absolute Gasteiger partial charge is 0.0583 e. The minimum atomic E-state index is 0.0275. The van der Waals surface area contributed by atoms with Crippen LogP contribution in [0.3, 0.4) is 0 Å². The van der Waals surface area contributed by atoms with Crippen molar-refractivity contribution >= 4 is 17.0 Å². The van der Waals surface area contributed by atoms with Gasteiger partial charge in [-0.3, -0.25) is 0 Å². The highest BCUT2D eigenvalue weighted by atomic mass is 32.1. The van der Waals surface area contributed by atoms with E-state index >= 15 is 0 Å². The summed E-state index contributed by atoms with van der Waals surface area (Å²) in [6.45, 7) is 5.54. The van der Waals surface area contributed by atoms with Gasteiger partial charge in [0, 0.05) is 24.2 Å². The van der Waals surface area contributed by atoms with Gasteiger partial charge in [0.2, 0.25) is 0 Å². The molecule has 1 aromatic heterocycles. The molecular formula is C16H20N2S. The highest BCUT2D eigenvalue weighted by molar-refractivity contribution is 7.08. The Morgan fingerprint density at radius 1 is 1.21 bits per heavy atom. The SMILES string of the molecule is CC1(c2ccccc2)CN(c2ccsc2)CCCN1. The Balaban J connectivity index is 1.89. The molecule has 100 valence electrons. The minimum absolute atomic E-state index is 0.0275. The first-order valence-corrected chi connectivity index (χ1v) is 7.80. The molecule has 1 atom stereocenters. The summed E-state index contributed by atoms with van der Waals surface area (Å²) in [6, 6.07) is 13.0. The Labute approximate surface area is 119 Å². The molecular weight excluding hydrogens is 252 g/mol. The zero-order valence-electron chi connectivity index (χ0n) is 11.3. The predicted octanol–water partition coefficient (Wildman–Crippen LogP) is 3.46. The Kier molecular flexibility index (Phi) is 3.58. The molecule has 19 heavy (non-hydrogen) atoms. The molecule has 1 saturated heterocycles. The Morgan fingerprint density at radius 3 is 2.79 bits per heavy atom. The molecule has 1 aliphatic heterocycles. The molecule has 2 aromatic rings.